The number of ether oxygens (including phenoxy) is 2. The van der Waals surface area contributed by atoms with Gasteiger partial charge in [0.05, 0.1) is 12.2 Å². The lowest BCUT2D eigenvalue weighted by atomic mass is 9.84. The van der Waals surface area contributed by atoms with E-state index in [1.54, 1.807) is 6.20 Å². The van der Waals surface area contributed by atoms with Crippen LogP contribution in [0.3, 0.4) is 0 Å². The van der Waals surface area contributed by atoms with Crippen LogP contribution in [0.25, 0.3) is 5.57 Å². The van der Waals surface area contributed by atoms with Crippen molar-refractivity contribution < 1.29 is 19.4 Å². The molecule has 0 saturated carbocycles. The number of nitrogens with one attached hydrogen (secondary N) is 2. The smallest absolute Gasteiger partial charge is 0.295 e. The van der Waals surface area contributed by atoms with Crippen molar-refractivity contribution >= 4 is 34.4 Å². The van der Waals surface area contributed by atoms with Crippen LogP contribution < -0.4 is 14.8 Å². The Kier molecular flexibility index (Phi) is 8.11. The highest BCUT2D eigenvalue weighted by Crippen LogP contribution is 2.37. The molecule has 1 amide bonds. The Morgan fingerprint density at radius 1 is 1.25 bits per heavy atom. The maximum Gasteiger partial charge on any atom is 0.295 e. The number of likely N-dealkylation sites (tertiary alicyclic amines) is 1. The molecule has 1 aliphatic carbocycles. The molecule has 0 spiro atoms. The second-order valence-electron chi connectivity index (χ2n) is 10.3. The number of carbonyl (C=O) groups excluding carboxylic acids is 1. The van der Waals surface area contributed by atoms with Gasteiger partial charge in [-0.25, -0.2) is 9.71 Å². The maximum absolute atomic E-state index is 11.5. The van der Waals surface area contributed by atoms with E-state index in [2.05, 4.69) is 32.1 Å². The number of aromatic nitrogens is 1. The van der Waals surface area contributed by atoms with Crippen molar-refractivity contribution in [2.24, 2.45) is 0 Å². The molecular weight excluding hydrogens is 548 g/mol. The molecule has 3 N–H and O–H groups in total. The molecule has 4 aliphatic rings. The predicted octanol–water partition coefficient (Wildman–Crippen LogP) is 4.94. The third kappa shape index (κ3) is 6.05. The van der Waals surface area contributed by atoms with Crippen molar-refractivity contribution in [2.75, 3.05) is 26.2 Å². The van der Waals surface area contributed by atoms with Gasteiger partial charge in [0.15, 0.2) is 0 Å². The van der Waals surface area contributed by atoms with Crippen LogP contribution in [0.15, 0.2) is 84.3 Å². The number of hydrogen-bond acceptors (Lipinski definition) is 8. The minimum absolute atomic E-state index is 0.111. The van der Waals surface area contributed by atoms with E-state index < -0.39 is 5.60 Å². The van der Waals surface area contributed by atoms with Gasteiger partial charge in [0.25, 0.3) is 5.24 Å². The van der Waals surface area contributed by atoms with Crippen LogP contribution in [-0.2, 0) is 10.3 Å². The monoisotopic (exact) mass is 578 g/mol. The lowest BCUT2D eigenvalue weighted by molar-refractivity contribution is -0.0254. The highest BCUT2D eigenvalue weighted by molar-refractivity contribution is 8.12. The lowest BCUT2D eigenvalue weighted by Crippen LogP contribution is -2.42. The molecule has 4 heterocycles. The Balaban J connectivity index is 1.14. The van der Waals surface area contributed by atoms with Gasteiger partial charge in [0.2, 0.25) is 5.88 Å². The van der Waals surface area contributed by atoms with Crippen molar-refractivity contribution in [3.8, 4) is 5.88 Å². The van der Waals surface area contributed by atoms with Crippen LogP contribution in [0.2, 0.25) is 5.02 Å². The Morgan fingerprint density at radius 3 is 2.85 bits per heavy atom. The molecule has 208 valence electrons. The molecule has 6 rings (SSSR count). The largest absolute Gasteiger partial charge is 0.438 e. The molecule has 2 atom stereocenters. The first-order chi connectivity index (χ1) is 19.5. The van der Waals surface area contributed by atoms with Crippen LogP contribution in [0.1, 0.15) is 30.4 Å². The Morgan fingerprint density at radius 2 is 2.08 bits per heavy atom. The summed E-state index contributed by atoms with van der Waals surface area (Å²) in [7, 11) is 0. The van der Waals surface area contributed by atoms with Gasteiger partial charge in [-0.3, -0.25) is 4.79 Å². The van der Waals surface area contributed by atoms with Gasteiger partial charge in [-0.15, -0.1) is 0 Å². The Bertz CT molecular complexity index is 1380. The van der Waals surface area contributed by atoms with Crippen molar-refractivity contribution in [3.05, 3.63) is 100 Å². The molecule has 2 unspecified atom stereocenters. The highest BCUT2D eigenvalue weighted by Gasteiger charge is 2.34. The summed E-state index contributed by atoms with van der Waals surface area (Å²) in [4.78, 5) is 18.4. The van der Waals surface area contributed by atoms with Gasteiger partial charge < -0.3 is 24.8 Å². The number of carbonyl (C=O) groups is 1. The molecule has 3 aliphatic heterocycles. The number of aliphatic hydroxyl groups is 1. The number of pyridine rings is 1. The molecule has 2 fully saturated rings. The maximum atomic E-state index is 11.5. The average molecular weight is 579 g/mol. The zero-order chi connectivity index (χ0) is 27.5. The van der Waals surface area contributed by atoms with Gasteiger partial charge in [0.1, 0.15) is 18.0 Å². The predicted molar refractivity (Wildman–Crippen MR) is 157 cm³/mol. The Hall–Kier alpha value is -2.92. The second-order valence-corrected chi connectivity index (χ2v) is 11.5. The fraction of sp³-hybridized carbons (Fsp3) is 0.333. The lowest BCUT2D eigenvalue weighted by Gasteiger charge is -2.38. The third-order valence-corrected chi connectivity index (χ3v) is 8.58. The summed E-state index contributed by atoms with van der Waals surface area (Å²) < 4.78 is 15.5. The summed E-state index contributed by atoms with van der Waals surface area (Å²) in [6.07, 6.45) is 13.5. The van der Waals surface area contributed by atoms with Crippen molar-refractivity contribution in [3.63, 3.8) is 0 Å². The van der Waals surface area contributed by atoms with E-state index >= 15 is 0 Å². The van der Waals surface area contributed by atoms with Crippen molar-refractivity contribution in [1.82, 2.24) is 19.9 Å². The number of benzene rings is 1. The first-order valence-corrected chi connectivity index (χ1v) is 14.7. The number of rotatable bonds is 7. The van der Waals surface area contributed by atoms with Crippen molar-refractivity contribution in [1.29, 1.82) is 0 Å². The zero-order valence-corrected chi connectivity index (χ0v) is 23.5. The number of allylic oxidation sites excluding steroid dienone is 4. The van der Waals surface area contributed by atoms with Crippen LogP contribution in [0.5, 0.6) is 5.88 Å². The molecule has 1 aromatic carbocycles. The summed E-state index contributed by atoms with van der Waals surface area (Å²) in [5.74, 6) is 1.26. The van der Waals surface area contributed by atoms with Gasteiger partial charge in [-0.1, -0.05) is 42.0 Å². The highest BCUT2D eigenvalue weighted by atomic mass is 35.5. The number of fused-ring (bicyclic) bond motifs is 2. The van der Waals surface area contributed by atoms with E-state index in [1.165, 1.54) is 0 Å². The number of halogens is 1. The summed E-state index contributed by atoms with van der Waals surface area (Å²) in [5, 5.41) is 14.6. The van der Waals surface area contributed by atoms with E-state index in [4.69, 9.17) is 21.1 Å². The fourth-order valence-corrected chi connectivity index (χ4v) is 6.09. The quantitative estimate of drug-likeness (QED) is 0.398. The third-order valence-electron chi connectivity index (χ3n) is 7.63. The molecule has 8 nitrogen and oxygen atoms in total. The summed E-state index contributed by atoms with van der Waals surface area (Å²) >= 11 is 7.07. The van der Waals surface area contributed by atoms with E-state index in [-0.39, 0.29) is 17.5 Å². The van der Waals surface area contributed by atoms with E-state index in [0.29, 0.717) is 36.1 Å². The molecule has 40 heavy (non-hydrogen) atoms. The molecule has 0 bridgehead atoms. The van der Waals surface area contributed by atoms with Crippen LogP contribution in [0, 0.1) is 0 Å². The summed E-state index contributed by atoms with van der Waals surface area (Å²) in [6.45, 7) is 2.84. The Labute approximate surface area is 242 Å². The summed E-state index contributed by atoms with van der Waals surface area (Å²) in [5.41, 5.74) is 2.99. The topological polar surface area (TPSA) is 96.0 Å². The number of piperidine rings is 1. The van der Waals surface area contributed by atoms with Gasteiger partial charge in [0, 0.05) is 53.9 Å². The number of amides is 1. The van der Waals surface area contributed by atoms with E-state index in [1.807, 2.05) is 54.6 Å². The van der Waals surface area contributed by atoms with Gasteiger partial charge in [-0.2, -0.15) is 0 Å². The molecule has 2 saturated heterocycles. The standard InChI is InChI=1S/C30H31ClN4O4S/c31-22-10-8-21(9-11-22)30(37)12-16-35(17-13-30)15-3-4-20-18-24-25(38-19-27-33-29(36)40-34-27)6-1-7-26(24)39-28-23(20)5-2-14-32-28/h1-2,4-11,14,18,25,27,34,37H,3,12-13,15-17,19H2,(H,33,36). The summed E-state index contributed by atoms with van der Waals surface area (Å²) in [6, 6.07) is 11.5. The SMILES string of the molecule is O=C1NC(COC2C=CC=C3Oc4ncccc4C(=CCCN4CCC(O)(c5ccc(Cl)cc5)CC4)C=C32)NS1. The number of hydrogen-bond donors (Lipinski definition) is 3. The zero-order valence-electron chi connectivity index (χ0n) is 21.9. The van der Waals surface area contributed by atoms with Crippen LogP contribution >= 0.6 is 23.5 Å². The van der Waals surface area contributed by atoms with E-state index in [0.717, 1.165) is 60.3 Å². The first kappa shape index (κ1) is 27.3. The molecule has 1 aromatic heterocycles. The second kappa shape index (κ2) is 11.9. The molecule has 0 radical (unpaired) electrons. The molecule has 2 aromatic rings. The van der Waals surface area contributed by atoms with E-state index in [9.17, 15) is 9.90 Å². The van der Waals surface area contributed by atoms with Crippen LogP contribution in [-0.4, -0.2) is 58.7 Å². The van der Waals surface area contributed by atoms with Crippen molar-refractivity contribution in [2.45, 2.75) is 37.1 Å². The average Bonchev–Trinajstić information content (AvgIpc) is 3.31. The van der Waals surface area contributed by atoms with Gasteiger partial charge >= 0.3 is 0 Å². The molecule has 10 heteroatoms. The van der Waals surface area contributed by atoms with Gasteiger partial charge in [-0.05, 0) is 66.8 Å². The number of nitrogens with zero attached hydrogens (tertiary/aromatic N) is 2. The first-order valence-electron chi connectivity index (χ1n) is 13.5. The normalized spacial score (nSPS) is 24.9. The minimum atomic E-state index is -0.811. The minimum Gasteiger partial charge on any atom is -0.438 e. The fourth-order valence-electron chi connectivity index (χ4n) is 5.39. The molecular formula is C30H31ClN4O4S. The van der Waals surface area contributed by atoms with Crippen LogP contribution in [0.4, 0.5) is 4.79 Å².